The summed E-state index contributed by atoms with van der Waals surface area (Å²) in [6.45, 7) is 0. The number of nitrogens with zero attached hydrogens (tertiary/aromatic N) is 2. The number of hydrogen-bond donors (Lipinski definition) is 0. The highest BCUT2D eigenvalue weighted by Gasteiger charge is 2.37. The summed E-state index contributed by atoms with van der Waals surface area (Å²) in [5.41, 5.74) is 0. The number of rotatable bonds is 3. The fourth-order valence-corrected chi connectivity index (χ4v) is 3.37. The van der Waals surface area contributed by atoms with Crippen molar-refractivity contribution in [1.29, 1.82) is 0 Å². The molecule has 0 saturated carbocycles. The molecule has 0 bridgehead atoms. The van der Waals surface area contributed by atoms with E-state index >= 15 is 0 Å². The van der Waals surface area contributed by atoms with Gasteiger partial charge in [-0.2, -0.15) is 0 Å². The lowest BCUT2D eigenvalue weighted by Crippen LogP contribution is -2.18. The summed E-state index contributed by atoms with van der Waals surface area (Å²) in [7, 11) is 0.348. The second kappa shape index (κ2) is 5.09. The molecule has 0 fully saturated rings. The minimum Gasteiger partial charge on any atom is -0.366 e. The van der Waals surface area contributed by atoms with Crippen LogP contribution in [0.5, 0.6) is 5.88 Å². The smallest absolute Gasteiger partial charge is 0.366 e. The van der Waals surface area contributed by atoms with E-state index in [0.29, 0.717) is 6.07 Å². The molecule has 0 aliphatic heterocycles. The Balaban J connectivity index is 3.52. The van der Waals surface area contributed by atoms with E-state index in [2.05, 4.69) is 25.7 Å². The summed E-state index contributed by atoms with van der Waals surface area (Å²) < 4.78 is 60.8. The zero-order valence-corrected chi connectivity index (χ0v) is 11.5. The Morgan fingerprint density at radius 3 is 2.37 bits per heavy atom. The second-order valence-electron chi connectivity index (χ2n) is 2.84. The first kappa shape index (κ1) is 15.9. The summed E-state index contributed by atoms with van der Waals surface area (Å²) in [6.07, 6.45) is -5.14. The maximum absolute atomic E-state index is 11.9. The van der Waals surface area contributed by atoms with E-state index in [4.69, 9.17) is 10.7 Å². The van der Waals surface area contributed by atoms with Crippen LogP contribution in [0.2, 0.25) is 0 Å². The van der Waals surface area contributed by atoms with Crippen LogP contribution < -0.4 is 4.74 Å². The van der Waals surface area contributed by atoms with E-state index in [9.17, 15) is 31.7 Å². The molecule has 0 amide bonds. The molecule has 0 spiro atoms. The van der Waals surface area contributed by atoms with Crippen LogP contribution in [0.15, 0.2) is 15.4 Å². The van der Waals surface area contributed by atoms with Crippen molar-refractivity contribution in [3.63, 3.8) is 0 Å². The number of pyridine rings is 1. The van der Waals surface area contributed by atoms with Gasteiger partial charge in [-0.05, 0) is 20.9 Å². The van der Waals surface area contributed by atoms with Crippen molar-refractivity contribution in [2.45, 2.75) is 11.3 Å². The van der Waals surface area contributed by atoms with Gasteiger partial charge in [-0.15, -0.1) is 13.2 Å². The summed E-state index contributed by atoms with van der Waals surface area (Å²) >= 11 is 2.55. The van der Waals surface area contributed by atoms with Gasteiger partial charge in [-0.1, -0.05) is 0 Å². The van der Waals surface area contributed by atoms with Crippen molar-refractivity contribution in [1.82, 2.24) is 4.98 Å². The highest BCUT2D eigenvalue weighted by atomic mass is 79.9. The SMILES string of the molecule is O=[N+]([O-])c1nc(OC(F)(F)F)cc(Br)c1S(=O)(=O)Cl. The summed E-state index contributed by atoms with van der Waals surface area (Å²) in [5, 5.41) is 10.6. The Morgan fingerprint density at radius 1 is 1.47 bits per heavy atom. The monoisotopic (exact) mass is 384 g/mol. The van der Waals surface area contributed by atoms with Crippen LogP contribution in [0.3, 0.4) is 0 Å². The molecule has 0 saturated heterocycles. The van der Waals surface area contributed by atoms with Gasteiger partial charge in [-0.3, -0.25) is 0 Å². The number of aromatic nitrogens is 1. The van der Waals surface area contributed by atoms with Crippen molar-refractivity contribution in [2.24, 2.45) is 0 Å². The Hall–Kier alpha value is -1.14. The third-order valence-corrected chi connectivity index (χ3v) is 3.76. The molecule has 106 valence electrons. The molecule has 19 heavy (non-hydrogen) atoms. The number of ether oxygens (including phenoxy) is 1. The molecule has 0 radical (unpaired) electrons. The second-order valence-corrected chi connectivity index (χ2v) is 6.19. The Kier molecular flexibility index (Phi) is 4.27. The minimum atomic E-state index is -5.14. The van der Waals surface area contributed by atoms with Gasteiger partial charge in [0.25, 0.3) is 9.05 Å². The zero-order chi connectivity index (χ0) is 15.0. The van der Waals surface area contributed by atoms with Crippen LogP contribution in [-0.4, -0.2) is 24.7 Å². The van der Waals surface area contributed by atoms with Gasteiger partial charge in [0.15, 0.2) is 4.90 Å². The van der Waals surface area contributed by atoms with Crippen molar-refractivity contribution in [3.8, 4) is 5.88 Å². The molecule has 1 rings (SSSR count). The quantitative estimate of drug-likeness (QED) is 0.450. The standard InChI is InChI=1S/C6HBrClF3N2O5S/c7-2-1-3(18-6(9,10)11)12-5(13(14)15)4(2)19(8,16)17/h1H. The lowest BCUT2D eigenvalue weighted by atomic mass is 10.4. The fourth-order valence-electron chi connectivity index (χ4n) is 0.988. The Labute approximate surface area is 116 Å². The molecule has 0 N–H and O–H groups in total. The summed E-state index contributed by atoms with van der Waals surface area (Å²) in [5.74, 6) is -2.58. The van der Waals surface area contributed by atoms with Crippen molar-refractivity contribution >= 4 is 41.5 Å². The van der Waals surface area contributed by atoms with E-state index in [1.54, 1.807) is 0 Å². The normalized spacial score (nSPS) is 12.3. The molecule has 0 aliphatic carbocycles. The van der Waals surface area contributed by atoms with Crippen LogP contribution >= 0.6 is 26.6 Å². The predicted molar refractivity (Wildman–Crippen MR) is 58.3 cm³/mol. The first-order chi connectivity index (χ1) is 8.42. The minimum absolute atomic E-state index is 0.496. The first-order valence-corrected chi connectivity index (χ1v) is 7.07. The van der Waals surface area contributed by atoms with Crippen LogP contribution in [0.1, 0.15) is 0 Å². The highest BCUT2D eigenvalue weighted by molar-refractivity contribution is 9.10. The van der Waals surface area contributed by atoms with Gasteiger partial charge in [0.2, 0.25) is 0 Å². The lowest BCUT2D eigenvalue weighted by Gasteiger charge is -2.07. The highest BCUT2D eigenvalue weighted by Crippen LogP contribution is 2.36. The zero-order valence-electron chi connectivity index (χ0n) is 8.31. The number of hydrogen-bond acceptors (Lipinski definition) is 6. The van der Waals surface area contributed by atoms with Crippen LogP contribution in [-0.2, 0) is 9.05 Å². The molecule has 0 aromatic carbocycles. The van der Waals surface area contributed by atoms with E-state index < -0.39 is 41.4 Å². The van der Waals surface area contributed by atoms with Crippen molar-refractivity contribution < 1.29 is 31.2 Å². The molecule has 0 unspecified atom stereocenters. The average molecular weight is 386 g/mol. The largest absolute Gasteiger partial charge is 0.575 e. The molecular weight excluding hydrogens is 384 g/mol. The maximum Gasteiger partial charge on any atom is 0.575 e. The van der Waals surface area contributed by atoms with E-state index in [1.165, 1.54) is 0 Å². The average Bonchev–Trinajstić information content (AvgIpc) is 2.10. The molecule has 1 heterocycles. The fraction of sp³-hybridized carbons (Fsp3) is 0.167. The van der Waals surface area contributed by atoms with Gasteiger partial charge in [0.05, 0.1) is 4.47 Å². The van der Waals surface area contributed by atoms with Crippen molar-refractivity contribution in [3.05, 3.63) is 20.7 Å². The predicted octanol–water partition coefficient (Wildman–Crippen LogP) is 2.58. The van der Waals surface area contributed by atoms with Gasteiger partial charge in [0.1, 0.15) is 0 Å². The molecule has 13 heteroatoms. The van der Waals surface area contributed by atoms with Crippen LogP contribution in [0.4, 0.5) is 19.0 Å². The molecule has 7 nitrogen and oxygen atoms in total. The topological polar surface area (TPSA) is 99.4 Å². The third kappa shape index (κ3) is 4.18. The molecule has 0 aliphatic rings. The van der Waals surface area contributed by atoms with Gasteiger partial charge >= 0.3 is 18.1 Å². The van der Waals surface area contributed by atoms with Gasteiger partial charge in [-0.25, -0.2) is 8.42 Å². The Morgan fingerprint density at radius 2 is 2.00 bits per heavy atom. The number of halogens is 5. The van der Waals surface area contributed by atoms with Crippen LogP contribution in [0, 0.1) is 10.1 Å². The molecular formula is C6HBrClF3N2O5S. The van der Waals surface area contributed by atoms with E-state index in [-0.39, 0.29) is 0 Å². The lowest BCUT2D eigenvalue weighted by molar-refractivity contribution is -0.393. The van der Waals surface area contributed by atoms with E-state index in [1.807, 2.05) is 0 Å². The summed E-state index contributed by atoms with van der Waals surface area (Å²) in [6, 6.07) is 0.496. The summed E-state index contributed by atoms with van der Waals surface area (Å²) in [4.78, 5) is 11.1. The number of alkyl halides is 3. The molecule has 1 aromatic rings. The van der Waals surface area contributed by atoms with Crippen LogP contribution in [0.25, 0.3) is 0 Å². The Bertz CT molecular complexity index is 634. The maximum atomic E-state index is 11.9. The van der Waals surface area contributed by atoms with Gasteiger partial charge in [0, 0.05) is 21.7 Å². The van der Waals surface area contributed by atoms with Crippen molar-refractivity contribution in [2.75, 3.05) is 0 Å². The van der Waals surface area contributed by atoms with Gasteiger partial charge < -0.3 is 14.9 Å². The molecule has 0 atom stereocenters. The van der Waals surface area contributed by atoms with E-state index in [0.717, 1.165) is 0 Å². The third-order valence-electron chi connectivity index (χ3n) is 1.52. The first-order valence-electron chi connectivity index (χ1n) is 3.97. The number of nitro groups is 1. The molecule has 1 aromatic heterocycles.